The fourth-order valence-electron chi connectivity index (χ4n) is 4.41. The predicted molar refractivity (Wildman–Crippen MR) is 142 cm³/mol. The second kappa shape index (κ2) is 9.87. The van der Waals surface area contributed by atoms with Gasteiger partial charge in [0.25, 0.3) is 15.9 Å². The molecule has 4 aromatic rings. The molecule has 0 radical (unpaired) electrons. The van der Waals surface area contributed by atoms with Crippen molar-refractivity contribution in [3.05, 3.63) is 108 Å². The maximum absolute atomic E-state index is 13.3. The van der Waals surface area contributed by atoms with Crippen LogP contribution in [0.15, 0.2) is 102 Å². The molecule has 1 heterocycles. The van der Waals surface area contributed by atoms with E-state index in [2.05, 4.69) is 5.32 Å². The molecule has 0 aliphatic carbocycles. The number of sulfonamides is 1. The molecule has 1 amide bonds. The lowest BCUT2D eigenvalue weighted by Crippen LogP contribution is -2.35. The zero-order chi connectivity index (χ0) is 25.1. The fourth-order valence-corrected chi connectivity index (χ4v) is 5.95. The quantitative estimate of drug-likeness (QED) is 0.367. The third-order valence-electron chi connectivity index (χ3n) is 6.32. The zero-order valence-corrected chi connectivity index (χ0v) is 20.7. The molecular weight excluding hydrogens is 472 g/mol. The molecule has 0 fully saturated rings. The van der Waals surface area contributed by atoms with Crippen molar-refractivity contribution in [1.82, 2.24) is 0 Å². The average Bonchev–Trinajstić information content (AvgIpc) is 2.93. The van der Waals surface area contributed by atoms with Crippen LogP contribution in [0.4, 0.5) is 11.4 Å². The molecule has 1 aliphatic heterocycles. The van der Waals surface area contributed by atoms with Crippen LogP contribution in [0.3, 0.4) is 0 Å². The monoisotopic (exact) mass is 498 g/mol. The number of nitrogens with zero attached hydrogens (tertiary/aromatic N) is 1. The van der Waals surface area contributed by atoms with Gasteiger partial charge >= 0.3 is 0 Å². The number of rotatable bonds is 6. The first-order chi connectivity index (χ1) is 17.5. The van der Waals surface area contributed by atoms with Crippen molar-refractivity contribution in [2.24, 2.45) is 0 Å². The van der Waals surface area contributed by atoms with Gasteiger partial charge in [0.05, 0.1) is 17.7 Å². The van der Waals surface area contributed by atoms with Crippen LogP contribution < -0.4 is 14.4 Å². The number of carbonyl (C=O) groups is 1. The van der Waals surface area contributed by atoms with E-state index in [1.165, 1.54) is 4.31 Å². The van der Waals surface area contributed by atoms with Gasteiger partial charge in [0.1, 0.15) is 5.75 Å². The Balaban J connectivity index is 1.34. The van der Waals surface area contributed by atoms with Crippen molar-refractivity contribution in [3.63, 3.8) is 0 Å². The minimum absolute atomic E-state index is 0.215. The first-order valence-electron chi connectivity index (χ1n) is 11.7. The molecule has 4 aromatic carbocycles. The van der Waals surface area contributed by atoms with Gasteiger partial charge in [0.15, 0.2) is 0 Å². The van der Waals surface area contributed by atoms with Gasteiger partial charge in [0.2, 0.25) is 0 Å². The SMILES string of the molecule is COc1ccc(S(=O)(=O)N2CCCc3cc(NC(=O)c4ccc(-c5ccccc5)cc4)ccc32)cc1. The number of anilines is 2. The first kappa shape index (κ1) is 23.6. The molecule has 1 aliphatic rings. The number of fused-ring (bicyclic) bond motifs is 1. The highest BCUT2D eigenvalue weighted by atomic mass is 32.2. The van der Waals surface area contributed by atoms with E-state index < -0.39 is 10.0 Å². The second-order valence-corrected chi connectivity index (χ2v) is 10.5. The minimum atomic E-state index is -3.72. The Morgan fingerprint density at radius 1 is 0.861 bits per heavy atom. The summed E-state index contributed by atoms with van der Waals surface area (Å²) in [5.41, 5.74) is 4.84. The van der Waals surface area contributed by atoms with Crippen LogP contribution in [0.1, 0.15) is 22.3 Å². The smallest absolute Gasteiger partial charge is 0.264 e. The Morgan fingerprint density at radius 3 is 2.25 bits per heavy atom. The van der Waals surface area contributed by atoms with Gasteiger partial charge < -0.3 is 10.1 Å². The molecule has 0 saturated carbocycles. The van der Waals surface area contributed by atoms with E-state index >= 15 is 0 Å². The number of nitrogens with one attached hydrogen (secondary N) is 1. The lowest BCUT2D eigenvalue weighted by Gasteiger charge is -2.31. The molecular formula is C29H26N2O4S. The molecule has 0 unspecified atom stereocenters. The summed E-state index contributed by atoms with van der Waals surface area (Å²) in [6, 6.07) is 29.2. The highest BCUT2D eigenvalue weighted by molar-refractivity contribution is 7.92. The molecule has 0 spiro atoms. The molecule has 0 aromatic heterocycles. The second-order valence-electron chi connectivity index (χ2n) is 8.60. The van der Waals surface area contributed by atoms with Gasteiger partial charge in [0, 0.05) is 17.8 Å². The summed E-state index contributed by atoms with van der Waals surface area (Å²) < 4.78 is 33.3. The van der Waals surface area contributed by atoms with E-state index in [0.717, 1.165) is 23.1 Å². The van der Waals surface area contributed by atoms with Crippen molar-refractivity contribution >= 4 is 27.3 Å². The molecule has 0 bridgehead atoms. The highest BCUT2D eigenvalue weighted by Crippen LogP contribution is 2.34. The molecule has 0 saturated heterocycles. The maximum atomic E-state index is 13.3. The first-order valence-corrected chi connectivity index (χ1v) is 13.2. The van der Waals surface area contributed by atoms with Crippen LogP contribution in [-0.2, 0) is 16.4 Å². The largest absolute Gasteiger partial charge is 0.497 e. The summed E-state index contributed by atoms with van der Waals surface area (Å²) in [6.45, 7) is 0.404. The van der Waals surface area contributed by atoms with E-state index in [-0.39, 0.29) is 10.8 Å². The van der Waals surface area contributed by atoms with Crippen molar-refractivity contribution in [2.75, 3.05) is 23.3 Å². The Bertz CT molecular complexity index is 1480. The van der Waals surface area contributed by atoms with Crippen LogP contribution >= 0.6 is 0 Å². The number of amides is 1. The molecule has 5 rings (SSSR count). The van der Waals surface area contributed by atoms with Crippen LogP contribution in [0, 0.1) is 0 Å². The van der Waals surface area contributed by atoms with Gasteiger partial charge in [-0.1, -0.05) is 42.5 Å². The Kier molecular flexibility index (Phi) is 6.48. The molecule has 0 atom stereocenters. The van der Waals surface area contributed by atoms with Crippen LogP contribution in [0.25, 0.3) is 11.1 Å². The Hall–Kier alpha value is -4.10. The van der Waals surface area contributed by atoms with Gasteiger partial charge in [-0.05, 0) is 84.1 Å². The number of hydrogen-bond donors (Lipinski definition) is 1. The van der Waals surface area contributed by atoms with E-state index in [4.69, 9.17) is 4.74 Å². The highest BCUT2D eigenvalue weighted by Gasteiger charge is 2.29. The Labute approximate surface area is 211 Å². The van der Waals surface area contributed by atoms with Crippen molar-refractivity contribution < 1.29 is 17.9 Å². The van der Waals surface area contributed by atoms with Crippen molar-refractivity contribution in [3.8, 4) is 16.9 Å². The average molecular weight is 499 g/mol. The molecule has 182 valence electrons. The van der Waals surface area contributed by atoms with E-state index in [9.17, 15) is 13.2 Å². The summed E-state index contributed by atoms with van der Waals surface area (Å²) >= 11 is 0. The topological polar surface area (TPSA) is 75.7 Å². The van der Waals surface area contributed by atoms with E-state index in [0.29, 0.717) is 35.7 Å². The van der Waals surface area contributed by atoms with E-state index in [1.807, 2.05) is 48.5 Å². The van der Waals surface area contributed by atoms with Crippen LogP contribution in [0.2, 0.25) is 0 Å². The Morgan fingerprint density at radius 2 is 1.56 bits per heavy atom. The summed E-state index contributed by atoms with van der Waals surface area (Å²) in [6.07, 6.45) is 1.43. The molecule has 1 N–H and O–H groups in total. The lowest BCUT2D eigenvalue weighted by molar-refractivity contribution is 0.102. The van der Waals surface area contributed by atoms with E-state index in [1.54, 1.807) is 55.6 Å². The summed E-state index contributed by atoms with van der Waals surface area (Å²) in [7, 11) is -2.17. The third-order valence-corrected chi connectivity index (χ3v) is 8.14. The molecule has 6 nitrogen and oxygen atoms in total. The summed E-state index contributed by atoms with van der Waals surface area (Å²) in [5.74, 6) is 0.385. The number of hydrogen-bond acceptors (Lipinski definition) is 4. The number of carbonyl (C=O) groups excluding carboxylic acids is 1. The number of ether oxygens (including phenoxy) is 1. The normalized spacial score (nSPS) is 13.1. The van der Waals surface area contributed by atoms with Crippen molar-refractivity contribution in [2.45, 2.75) is 17.7 Å². The lowest BCUT2D eigenvalue weighted by atomic mass is 10.0. The van der Waals surface area contributed by atoms with Crippen molar-refractivity contribution in [1.29, 1.82) is 0 Å². The summed E-state index contributed by atoms with van der Waals surface area (Å²) in [5, 5.41) is 2.94. The third kappa shape index (κ3) is 4.70. The molecule has 7 heteroatoms. The standard InChI is InChI=1S/C29H26N2O4S/c1-35-26-14-16-27(17-15-26)36(33,34)31-19-5-8-24-20-25(13-18-28(24)31)30-29(32)23-11-9-22(10-12-23)21-6-3-2-4-7-21/h2-4,6-7,9-18,20H,5,8,19H2,1H3,(H,30,32). The van der Waals surface area contributed by atoms with Gasteiger partial charge in [-0.3, -0.25) is 9.10 Å². The summed E-state index contributed by atoms with van der Waals surface area (Å²) in [4.78, 5) is 13.1. The predicted octanol–water partition coefficient (Wildman–Crippen LogP) is 5.76. The van der Waals surface area contributed by atoms with Gasteiger partial charge in [-0.25, -0.2) is 8.42 Å². The number of methoxy groups -OCH3 is 1. The minimum Gasteiger partial charge on any atom is -0.497 e. The fraction of sp³-hybridized carbons (Fsp3) is 0.138. The zero-order valence-electron chi connectivity index (χ0n) is 19.8. The number of benzene rings is 4. The van der Waals surface area contributed by atoms with Crippen LogP contribution in [0.5, 0.6) is 5.75 Å². The van der Waals surface area contributed by atoms with Gasteiger partial charge in [-0.15, -0.1) is 0 Å². The molecule has 36 heavy (non-hydrogen) atoms. The maximum Gasteiger partial charge on any atom is 0.264 e. The van der Waals surface area contributed by atoms with Crippen LogP contribution in [-0.4, -0.2) is 28.0 Å². The van der Waals surface area contributed by atoms with Gasteiger partial charge in [-0.2, -0.15) is 0 Å². The number of aryl methyl sites for hydroxylation is 1.